The smallest absolute Gasteiger partial charge is 0.272 e. The summed E-state index contributed by atoms with van der Waals surface area (Å²) in [5, 5.41) is 10.8. The highest BCUT2D eigenvalue weighted by Crippen LogP contribution is 2.28. The molecule has 0 saturated heterocycles. The summed E-state index contributed by atoms with van der Waals surface area (Å²) in [5.74, 6) is -0.218. The van der Waals surface area contributed by atoms with Gasteiger partial charge in [-0.15, -0.1) is 23.1 Å². The highest BCUT2D eigenvalue weighted by atomic mass is 79.9. The standard InChI is InChI=1S/C34H27BrN4O4S2/c1-43-27-11-5-9-24(18-27)30-20-45-34(38-30)39-31(40)21-44-28-12-6-10-26(19-28)36-33(42)29(17-22-13-15-25(35)16-14-22)37-32(41)23-7-3-2-4-8-23/h2-20H,21H2,1H3,(H,36,42)(H,37,41)(H,38,39,40)/b29-17-. The first-order valence-corrected chi connectivity index (χ1v) is 16.3. The SMILES string of the molecule is COc1cccc(-c2csc(NC(=O)CSc3cccc(NC(=O)/C(=C/c4ccc(Br)cc4)NC(=O)c4ccccc4)c3)n2)c1. The molecule has 226 valence electrons. The van der Waals surface area contributed by atoms with Gasteiger partial charge in [-0.2, -0.15) is 0 Å². The van der Waals surface area contributed by atoms with Crippen molar-refractivity contribution in [1.82, 2.24) is 10.3 Å². The summed E-state index contributed by atoms with van der Waals surface area (Å²) >= 11 is 6.08. The summed E-state index contributed by atoms with van der Waals surface area (Å²) in [6.45, 7) is 0. The molecule has 5 rings (SSSR count). The Morgan fingerprint density at radius 3 is 2.47 bits per heavy atom. The van der Waals surface area contributed by atoms with Gasteiger partial charge in [0.1, 0.15) is 11.4 Å². The Bertz CT molecular complexity index is 1840. The Hall–Kier alpha value is -4.71. The molecule has 0 saturated carbocycles. The van der Waals surface area contributed by atoms with E-state index in [-0.39, 0.29) is 17.4 Å². The van der Waals surface area contributed by atoms with Gasteiger partial charge >= 0.3 is 0 Å². The van der Waals surface area contributed by atoms with Crippen molar-refractivity contribution in [3.8, 4) is 17.0 Å². The lowest BCUT2D eigenvalue weighted by Gasteiger charge is -2.12. The molecule has 8 nitrogen and oxygen atoms in total. The molecule has 1 aromatic heterocycles. The maximum absolute atomic E-state index is 13.4. The molecule has 5 aromatic rings. The molecule has 3 amide bonds. The van der Waals surface area contributed by atoms with Crippen molar-refractivity contribution in [2.75, 3.05) is 23.5 Å². The number of thioether (sulfide) groups is 1. The van der Waals surface area contributed by atoms with Crippen LogP contribution in [-0.4, -0.2) is 35.6 Å². The van der Waals surface area contributed by atoms with Gasteiger partial charge in [0.25, 0.3) is 11.8 Å². The number of carbonyl (C=O) groups is 3. The molecule has 0 spiro atoms. The van der Waals surface area contributed by atoms with Gasteiger partial charge in [-0.1, -0.05) is 64.5 Å². The number of methoxy groups -OCH3 is 1. The van der Waals surface area contributed by atoms with E-state index in [1.54, 1.807) is 55.7 Å². The molecule has 3 N–H and O–H groups in total. The maximum Gasteiger partial charge on any atom is 0.272 e. The molecule has 11 heteroatoms. The number of thiazole rings is 1. The van der Waals surface area contributed by atoms with Crippen LogP contribution in [0.2, 0.25) is 0 Å². The lowest BCUT2D eigenvalue weighted by Crippen LogP contribution is -2.30. The fourth-order valence-corrected chi connectivity index (χ4v) is 5.84. The minimum absolute atomic E-state index is 0.0837. The third-order valence-corrected chi connectivity index (χ3v) is 8.57. The molecule has 0 radical (unpaired) electrons. The van der Waals surface area contributed by atoms with Gasteiger partial charge in [0, 0.05) is 31.6 Å². The molecule has 0 unspecified atom stereocenters. The third kappa shape index (κ3) is 9.15. The molecule has 45 heavy (non-hydrogen) atoms. The second-order valence-corrected chi connectivity index (χ2v) is 12.3. The van der Waals surface area contributed by atoms with Crippen molar-refractivity contribution in [3.05, 3.63) is 130 Å². The lowest BCUT2D eigenvalue weighted by atomic mass is 10.1. The molecule has 0 bridgehead atoms. The van der Waals surface area contributed by atoms with E-state index in [2.05, 4.69) is 36.9 Å². The van der Waals surface area contributed by atoms with Crippen molar-refractivity contribution in [3.63, 3.8) is 0 Å². The van der Waals surface area contributed by atoms with E-state index in [4.69, 9.17) is 4.74 Å². The van der Waals surface area contributed by atoms with Crippen LogP contribution >= 0.6 is 39.0 Å². The maximum atomic E-state index is 13.4. The van der Waals surface area contributed by atoms with Gasteiger partial charge in [0.2, 0.25) is 5.91 Å². The minimum atomic E-state index is -0.488. The fraction of sp³-hybridized carbons (Fsp3) is 0.0588. The Kier molecular flexibility index (Phi) is 10.8. The molecule has 0 aliphatic rings. The highest BCUT2D eigenvalue weighted by molar-refractivity contribution is 9.10. The zero-order valence-electron chi connectivity index (χ0n) is 24.0. The second-order valence-electron chi connectivity index (χ2n) is 9.52. The monoisotopic (exact) mass is 698 g/mol. The van der Waals surface area contributed by atoms with Crippen LogP contribution in [0.5, 0.6) is 5.75 Å². The number of hydrogen-bond donors (Lipinski definition) is 3. The average Bonchev–Trinajstić information content (AvgIpc) is 3.53. The van der Waals surface area contributed by atoms with Crippen molar-refractivity contribution in [2.24, 2.45) is 0 Å². The number of amides is 3. The van der Waals surface area contributed by atoms with Crippen LogP contribution in [0.25, 0.3) is 17.3 Å². The predicted octanol–water partition coefficient (Wildman–Crippen LogP) is 7.72. The quantitative estimate of drug-likeness (QED) is 0.0963. The van der Waals surface area contributed by atoms with Gasteiger partial charge in [-0.05, 0) is 66.2 Å². The molecular weight excluding hydrogens is 672 g/mol. The number of benzene rings is 4. The number of carbonyl (C=O) groups excluding carboxylic acids is 3. The van der Waals surface area contributed by atoms with Crippen molar-refractivity contribution in [1.29, 1.82) is 0 Å². The third-order valence-electron chi connectivity index (χ3n) is 6.29. The minimum Gasteiger partial charge on any atom is -0.497 e. The van der Waals surface area contributed by atoms with Crippen LogP contribution in [-0.2, 0) is 9.59 Å². The zero-order chi connectivity index (χ0) is 31.6. The molecule has 0 fully saturated rings. The molecule has 4 aromatic carbocycles. The Labute approximate surface area is 277 Å². The van der Waals surface area contributed by atoms with E-state index >= 15 is 0 Å². The first-order valence-electron chi connectivity index (χ1n) is 13.6. The van der Waals surface area contributed by atoms with Crippen LogP contribution < -0.4 is 20.7 Å². The Balaban J connectivity index is 1.22. The number of ether oxygens (including phenoxy) is 1. The summed E-state index contributed by atoms with van der Waals surface area (Å²) in [6, 6.07) is 30.8. The summed E-state index contributed by atoms with van der Waals surface area (Å²) in [5.41, 5.74) is 3.41. The topological polar surface area (TPSA) is 109 Å². The zero-order valence-corrected chi connectivity index (χ0v) is 27.2. The predicted molar refractivity (Wildman–Crippen MR) is 185 cm³/mol. The molecule has 0 atom stereocenters. The van der Waals surface area contributed by atoms with Gasteiger partial charge in [-0.25, -0.2) is 4.98 Å². The average molecular weight is 700 g/mol. The highest BCUT2D eigenvalue weighted by Gasteiger charge is 2.16. The number of aromatic nitrogens is 1. The second kappa shape index (κ2) is 15.3. The van der Waals surface area contributed by atoms with Crippen LogP contribution in [0.15, 0.2) is 124 Å². The van der Waals surface area contributed by atoms with Crippen molar-refractivity contribution < 1.29 is 19.1 Å². The van der Waals surface area contributed by atoms with Gasteiger partial charge < -0.3 is 20.7 Å². The number of halogens is 1. The van der Waals surface area contributed by atoms with Crippen molar-refractivity contribution >= 4 is 73.6 Å². The summed E-state index contributed by atoms with van der Waals surface area (Å²) < 4.78 is 6.18. The first kappa shape index (κ1) is 31.7. The van der Waals surface area contributed by atoms with E-state index in [9.17, 15) is 14.4 Å². The number of nitrogens with one attached hydrogen (secondary N) is 3. The molecule has 1 heterocycles. The normalized spacial score (nSPS) is 11.0. The lowest BCUT2D eigenvalue weighted by molar-refractivity contribution is -0.114. The van der Waals surface area contributed by atoms with E-state index < -0.39 is 11.8 Å². The molecule has 0 aliphatic heterocycles. The molecule has 0 aliphatic carbocycles. The summed E-state index contributed by atoms with van der Waals surface area (Å²) in [6.07, 6.45) is 1.61. The van der Waals surface area contributed by atoms with Crippen LogP contribution in [0.1, 0.15) is 15.9 Å². The van der Waals surface area contributed by atoms with Crippen LogP contribution in [0, 0.1) is 0 Å². The van der Waals surface area contributed by atoms with Gasteiger partial charge in [0.15, 0.2) is 5.13 Å². The number of anilines is 2. The van der Waals surface area contributed by atoms with Gasteiger partial charge in [0.05, 0.1) is 18.6 Å². The number of hydrogen-bond acceptors (Lipinski definition) is 7. The number of rotatable bonds is 11. The van der Waals surface area contributed by atoms with Crippen LogP contribution in [0.3, 0.4) is 0 Å². The van der Waals surface area contributed by atoms with Crippen molar-refractivity contribution in [2.45, 2.75) is 4.90 Å². The van der Waals surface area contributed by atoms with E-state index in [1.165, 1.54) is 23.1 Å². The number of nitrogens with zero attached hydrogens (tertiary/aromatic N) is 1. The van der Waals surface area contributed by atoms with E-state index in [0.29, 0.717) is 16.4 Å². The van der Waals surface area contributed by atoms with Gasteiger partial charge in [-0.3, -0.25) is 14.4 Å². The first-order chi connectivity index (χ1) is 21.9. The Morgan fingerprint density at radius 1 is 0.911 bits per heavy atom. The molecular formula is C34H27BrN4O4S2. The largest absolute Gasteiger partial charge is 0.497 e. The van der Waals surface area contributed by atoms with Crippen LogP contribution in [0.4, 0.5) is 10.8 Å². The van der Waals surface area contributed by atoms with E-state index in [0.717, 1.165) is 31.9 Å². The summed E-state index contributed by atoms with van der Waals surface area (Å²) in [7, 11) is 1.61. The summed E-state index contributed by atoms with van der Waals surface area (Å²) in [4.78, 5) is 44.3. The van der Waals surface area contributed by atoms with E-state index in [1.807, 2.05) is 66.0 Å². The Morgan fingerprint density at radius 2 is 1.69 bits per heavy atom. The fourth-order valence-electron chi connectivity index (χ4n) is 4.08.